The highest BCUT2D eigenvalue weighted by Crippen LogP contribution is 2.60. The van der Waals surface area contributed by atoms with E-state index in [2.05, 4.69) is 20.8 Å². The summed E-state index contributed by atoms with van der Waals surface area (Å²) in [6.07, 6.45) is 12.0. The first-order valence-corrected chi connectivity index (χ1v) is 13.9. The summed E-state index contributed by atoms with van der Waals surface area (Å²) in [5.74, 6) is 0.0278. The average Bonchev–Trinajstić information content (AvgIpc) is 3.02. The second-order valence-corrected chi connectivity index (χ2v) is 13.0. The molecule has 162 valence electrons. The number of ketones is 2. The molecule has 28 heavy (non-hydrogen) atoms. The van der Waals surface area contributed by atoms with E-state index in [1.165, 1.54) is 68.3 Å². The topological polar surface area (TPSA) is 54.4 Å². The fourth-order valence-electron chi connectivity index (χ4n) is 3.67. The molecule has 0 saturated carbocycles. The van der Waals surface area contributed by atoms with Crippen molar-refractivity contribution in [2.24, 2.45) is 0 Å². The third-order valence-corrected chi connectivity index (χ3v) is 11.3. The smallest absolute Gasteiger partial charge is 0.198 e. The van der Waals surface area contributed by atoms with Crippen molar-refractivity contribution in [2.75, 3.05) is 31.3 Å². The Labute approximate surface area is 186 Å². The molecule has 0 unspecified atom stereocenters. The Morgan fingerprint density at radius 1 is 1.00 bits per heavy atom. The van der Waals surface area contributed by atoms with E-state index >= 15 is 0 Å². The van der Waals surface area contributed by atoms with Crippen LogP contribution in [0.15, 0.2) is 5.38 Å². The van der Waals surface area contributed by atoms with Crippen LogP contribution in [0.5, 0.6) is 0 Å². The number of thiophene rings is 1. The number of halogens is 1. The number of aliphatic hydroxyl groups is 1. The quantitative estimate of drug-likeness (QED) is 0.302. The molecule has 0 atom stereocenters. The van der Waals surface area contributed by atoms with Gasteiger partial charge in [-0.1, -0.05) is 40.0 Å². The third kappa shape index (κ3) is 8.73. The molecule has 6 heteroatoms. The number of hydrogen-bond donors (Lipinski definition) is 1. The van der Waals surface area contributed by atoms with Crippen LogP contribution in [-0.4, -0.2) is 47.9 Å². The number of Topliss-reactive ketones (excluding diaryl/α,β-unsaturated/α-hetero) is 2. The molecule has 0 bridgehead atoms. The number of carbonyl (C=O) groups excluding carboxylic acids is 2. The summed E-state index contributed by atoms with van der Waals surface area (Å²) in [5.41, 5.74) is 1.85. The van der Waals surface area contributed by atoms with Gasteiger partial charge in [0.05, 0.1) is 23.4 Å². The van der Waals surface area contributed by atoms with E-state index in [0.717, 1.165) is 17.3 Å². The maximum Gasteiger partial charge on any atom is 0.198 e. The molecule has 1 rings (SSSR count). The van der Waals surface area contributed by atoms with Crippen LogP contribution in [0.4, 0.5) is 0 Å². The first kappa shape index (κ1) is 27.9. The number of rotatable bonds is 15. The number of carbonyl (C=O) groups is 2. The van der Waals surface area contributed by atoms with Crippen molar-refractivity contribution >= 4 is 30.2 Å². The van der Waals surface area contributed by atoms with Crippen LogP contribution in [0.1, 0.15) is 80.1 Å². The minimum Gasteiger partial charge on any atom is -1.00 e. The first-order chi connectivity index (χ1) is 12.9. The average molecular weight is 493 g/mol. The highest BCUT2D eigenvalue weighted by atomic mass is 79.9. The second kappa shape index (κ2) is 14.8. The van der Waals surface area contributed by atoms with Crippen molar-refractivity contribution in [3.8, 4) is 0 Å². The highest BCUT2D eigenvalue weighted by Gasteiger charge is 2.38. The van der Waals surface area contributed by atoms with Crippen LogP contribution < -0.4 is 17.0 Å². The summed E-state index contributed by atoms with van der Waals surface area (Å²) in [4.78, 5) is 25.7. The summed E-state index contributed by atoms with van der Waals surface area (Å²) in [6, 6.07) is 0. The standard InChI is InChI=1S/C22H38O3PS.BrH/c1-5-8-11-26(12-9-6-2,13-10-7-3)16-19(24)14-20-18(4)17-27-22(20)21(25)15-23;/h17,23H,5-16H2,1-4H3;1H/q+1;/p-1. The van der Waals surface area contributed by atoms with E-state index in [0.29, 0.717) is 17.1 Å². The molecule has 1 aromatic heterocycles. The molecule has 0 aliphatic carbocycles. The lowest BCUT2D eigenvalue weighted by Gasteiger charge is -2.27. The lowest BCUT2D eigenvalue weighted by atomic mass is 10.0. The molecular weight excluding hydrogens is 455 g/mol. The van der Waals surface area contributed by atoms with Gasteiger partial charge in [-0.2, -0.15) is 0 Å². The Bertz CT molecular complexity index is 579. The van der Waals surface area contributed by atoms with Crippen LogP contribution in [0.2, 0.25) is 0 Å². The SMILES string of the molecule is CCCC[P+](CCCC)(CCCC)CC(=O)Cc1c(C)csc1C(=O)CO.[Br-]. The van der Waals surface area contributed by atoms with Crippen molar-refractivity contribution in [1.29, 1.82) is 0 Å². The van der Waals surface area contributed by atoms with E-state index in [9.17, 15) is 14.7 Å². The molecule has 0 aromatic carbocycles. The van der Waals surface area contributed by atoms with Gasteiger partial charge in [-0.15, -0.1) is 11.3 Å². The largest absolute Gasteiger partial charge is 1.00 e. The lowest BCUT2D eigenvalue weighted by Crippen LogP contribution is -3.00. The van der Waals surface area contributed by atoms with Crippen molar-refractivity contribution in [3.05, 3.63) is 21.4 Å². The summed E-state index contributed by atoms with van der Waals surface area (Å²) in [6.45, 7) is 8.18. The minimum atomic E-state index is -1.26. The highest BCUT2D eigenvalue weighted by molar-refractivity contribution is 7.76. The van der Waals surface area contributed by atoms with Crippen LogP contribution in [0, 0.1) is 6.92 Å². The molecule has 0 aliphatic rings. The molecule has 0 fully saturated rings. The maximum absolute atomic E-state index is 13.1. The van der Waals surface area contributed by atoms with Crippen LogP contribution in [0.3, 0.4) is 0 Å². The van der Waals surface area contributed by atoms with E-state index in [1.54, 1.807) is 0 Å². The Hall–Kier alpha value is -0.0900. The van der Waals surface area contributed by atoms with Crippen molar-refractivity contribution in [3.63, 3.8) is 0 Å². The number of aryl methyl sites for hydroxylation is 1. The van der Waals surface area contributed by atoms with Gasteiger partial charge in [0.15, 0.2) is 11.6 Å². The van der Waals surface area contributed by atoms with E-state index in [4.69, 9.17) is 0 Å². The summed E-state index contributed by atoms with van der Waals surface area (Å²) in [5, 5.41) is 11.1. The molecular formula is C22H38BrO3PS. The minimum absolute atomic E-state index is 0. The molecule has 1 N–H and O–H groups in total. The van der Waals surface area contributed by atoms with E-state index < -0.39 is 13.9 Å². The number of aliphatic hydroxyl groups excluding tert-OH is 1. The van der Waals surface area contributed by atoms with Gasteiger partial charge in [-0.05, 0) is 42.7 Å². The normalized spacial score (nSPS) is 11.3. The second-order valence-electron chi connectivity index (χ2n) is 7.75. The Balaban J connectivity index is 0.00000729. The van der Waals surface area contributed by atoms with Gasteiger partial charge in [0, 0.05) is 13.7 Å². The van der Waals surface area contributed by atoms with E-state index in [-0.39, 0.29) is 22.8 Å². The third-order valence-electron chi connectivity index (χ3n) is 5.34. The van der Waals surface area contributed by atoms with Gasteiger partial charge >= 0.3 is 0 Å². The molecule has 0 amide bonds. The van der Waals surface area contributed by atoms with Gasteiger partial charge in [0.25, 0.3) is 0 Å². The van der Waals surface area contributed by atoms with E-state index in [1.807, 2.05) is 12.3 Å². The Morgan fingerprint density at radius 3 is 1.93 bits per heavy atom. The summed E-state index contributed by atoms with van der Waals surface area (Å²) < 4.78 is 0. The van der Waals surface area contributed by atoms with Gasteiger partial charge in [0.2, 0.25) is 0 Å². The van der Waals surface area contributed by atoms with Crippen LogP contribution >= 0.6 is 18.6 Å². The van der Waals surface area contributed by atoms with Crippen LogP contribution in [-0.2, 0) is 11.2 Å². The number of unbranched alkanes of at least 4 members (excludes halogenated alkanes) is 3. The monoisotopic (exact) mass is 492 g/mol. The molecule has 0 saturated heterocycles. The summed E-state index contributed by atoms with van der Waals surface area (Å²) >= 11 is 1.36. The Kier molecular flexibility index (Phi) is 14.8. The van der Waals surface area contributed by atoms with Crippen molar-refractivity contribution in [1.82, 2.24) is 0 Å². The molecule has 0 aliphatic heterocycles. The van der Waals surface area contributed by atoms with Gasteiger partial charge in [-0.3, -0.25) is 9.59 Å². The maximum atomic E-state index is 13.1. The summed E-state index contributed by atoms with van der Waals surface area (Å²) in [7, 11) is -1.26. The fourth-order valence-corrected chi connectivity index (χ4v) is 9.65. The molecule has 0 radical (unpaired) electrons. The Morgan fingerprint density at radius 2 is 1.50 bits per heavy atom. The predicted molar refractivity (Wildman–Crippen MR) is 120 cm³/mol. The van der Waals surface area contributed by atoms with Crippen LogP contribution in [0.25, 0.3) is 0 Å². The molecule has 1 heterocycles. The zero-order valence-corrected chi connectivity index (χ0v) is 21.4. The van der Waals surface area contributed by atoms with Gasteiger partial charge < -0.3 is 22.1 Å². The van der Waals surface area contributed by atoms with Crippen molar-refractivity contribution in [2.45, 2.75) is 72.6 Å². The molecule has 1 aromatic rings. The molecule has 3 nitrogen and oxygen atoms in total. The predicted octanol–water partition coefficient (Wildman–Crippen LogP) is 2.77. The lowest BCUT2D eigenvalue weighted by molar-refractivity contribution is -0.116. The number of hydrogen-bond acceptors (Lipinski definition) is 4. The zero-order chi connectivity index (χ0) is 20.3. The molecule has 0 spiro atoms. The van der Waals surface area contributed by atoms with Gasteiger partial charge in [0.1, 0.15) is 12.8 Å². The van der Waals surface area contributed by atoms with Gasteiger partial charge in [-0.25, -0.2) is 0 Å². The first-order valence-electron chi connectivity index (χ1n) is 10.5. The van der Waals surface area contributed by atoms with Crippen molar-refractivity contribution < 1.29 is 31.7 Å². The fraction of sp³-hybridized carbons (Fsp3) is 0.727. The zero-order valence-electron chi connectivity index (χ0n) is 18.1.